The first-order chi connectivity index (χ1) is 12.9. The molecular formula is C19H24N4O4. The molecule has 0 unspecified atom stereocenters. The van der Waals surface area contributed by atoms with Crippen molar-refractivity contribution in [3.63, 3.8) is 0 Å². The van der Waals surface area contributed by atoms with Gasteiger partial charge in [0.1, 0.15) is 5.75 Å². The van der Waals surface area contributed by atoms with E-state index in [1.807, 2.05) is 24.3 Å². The van der Waals surface area contributed by atoms with Crippen molar-refractivity contribution < 1.29 is 9.53 Å². The quantitative estimate of drug-likeness (QED) is 0.481. The predicted octanol–water partition coefficient (Wildman–Crippen LogP) is 1.49. The third kappa shape index (κ3) is 6.25. The summed E-state index contributed by atoms with van der Waals surface area (Å²) in [5, 5.41) is 3.95. The van der Waals surface area contributed by atoms with Crippen LogP contribution in [-0.2, 0) is 11.2 Å². The van der Waals surface area contributed by atoms with Gasteiger partial charge in [0.15, 0.2) is 0 Å². The predicted molar refractivity (Wildman–Crippen MR) is 103 cm³/mol. The fourth-order valence-corrected chi connectivity index (χ4v) is 2.37. The zero-order valence-electron chi connectivity index (χ0n) is 15.7. The lowest BCUT2D eigenvalue weighted by atomic mass is 10.1. The molecule has 2 rings (SSSR count). The van der Waals surface area contributed by atoms with Crippen LogP contribution in [0.1, 0.15) is 37.1 Å². The van der Waals surface area contributed by atoms with E-state index in [1.165, 1.54) is 6.21 Å². The average molecular weight is 372 g/mol. The van der Waals surface area contributed by atoms with Gasteiger partial charge in [-0.15, -0.1) is 0 Å². The molecule has 0 spiro atoms. The van der Waals surface area contributed by atoms with Gasteiger partial charge in [-0.05, 0) is 31.4 Å². The van der Waals surface area contributed by atoms with Crippen LogP contribution in [0.3, 0.4) is 0 Å². The van der Waals surface area contributed by atoms with Gasteiger partial charge in [0.2, 0.25) is 5.91 Å². The van der Waals surface area contributed by atoms with Crippen molar-refractivity contribution in [1.82, 2.24) is 15.4 Å². The molecule has 27 heavy (non-hydrogen) atoms. The van der Waals surface area contributed by atoms with Crippen LogP contribution >= 0.6 is 0 Å². The van der Waals surface area contributed by atoms with E-state index in [4.69, 9.17) is 4.74 Å². The number of nitrogens with zero attached hydrogens (tertiary/aromatic N) is 1. The normalized spacial score (nSPS) is 11.1. The maximum Gasteiger partial charge on any atom is 0.325 e. The number of rotatable bonds is 8. The summed E-state index contributed by atoms with van der Waals surface area (Å²) in [6.45, 7) is 6.33. The first kappa shape index (κ1) is 20.2. The van der Waals surface area contributed by atoms with E-state index in [-0.39, 0.29) is 18.7 Å². The molecule has 0 radical (unpaired) electrons. The van der Waals surface area contributed by atoms with Crippen LogP contribution in [0.15, 0.2) is 39.0 Å². The van der Waals surface area contributed by atoms with E-state index in [2.05, 4.69) is 34.3 Å². The van der Waals surface area contributed by atoms with Crippen LogP contribution in [0, 0.1) is 12.8 Å². The molecule has 144 valence electrons. The van der Waals surface area contributed by atoms with Gasteiger partial charge in [-0.2, -0.15) is 5.10 Å². The van der Waals surface area contributed by atoms with Gasteiger partial charge in [-0.3, -0.25) is 14.6 Å². The van der Waals surface area contributed by atoms with E-state index in [0.717, 1.165) is 5.56 Å². The van der Waals surface area contributed by atoms with Crippen LogP contribution in [0.2, 0.25) is 0 Å². The monoisotopic (exact) mass is 372 g/mol. The Kier molecular flexibility index (Phi) is 7.10. The third-order valence-corrected chi connectivity index (χ3v) is 3.74. The molecule has 1 amide bonds. The summed E-state index contributed by atoms with van der Waals surface area (Å²) in [6, 6.07) is 7.41. The molecule has 1 heterocycles. The SMILES string of the molecule is Cc1[nH]c(=O)[nH]c(=O)c1CCC(=O)N/N=C/c1ccccc1OCC(C)C. The first-order valence-electron chi connectivity index (χ1n) is 8.72. The minimum Gasteiger partial charge on any atom is -0.493 e. The molecule has 1 aromatic heterocycles. The number of aromatic amines is 2. The van der Waals surface area contributed by atoms with Gasteiger partial charge in [0, 0.05) is 23.2 Å². The minimum absolute atomic E-state index is 0.0683. The molecule has 0 aliphatic heterocycles. The van der Waals surface area contributed by atoms with Crippen LogP contribution in [0.25, 0.3) is 0 Å². The smallest absolute Gasteiger partial charge is 0.325 e. The lowest BCUT2D eigenvalue weighted by Crippen LogP contribution is -2.28. The molecule has 8 nitrogen and oxygen atoms in total. The molecule has 0 aliphatic carbocycles. The van der Waals surface area contributed by atoms with Gasteiger partial charge >= 0.3 is 5.69 Å². The van der Waals surface area contributed by atoms with Crippen LogP contribution in [-0.4, -0.2) is 28.7 Å². The summed E-state index contributed by atoms with van der Waals surface area (Å²) < 4.78 is 5.73. The van der Waals surface area contributed by atoms with E-state index in [0.29, 0.717) is 29.5 Å². The van der Waals surface area contributed by atoms with Crippen molar-refractivity contribution in [2.24, 2.45) is 11.0 Å². The molecule has 2 aromatic rings. The van der Waals surface area contributed by atoms with Gasteiger partial charge in [0.05, 0.1) is 12.8 Å². The third-order valence-electron chi connectivity index (χ3n) is 3.74. The Bertz CT molecular complexity index is 928. The molecule has 0 fully saturated rings. The van der Waals surface area contributed by atoms with Crippen molar-refractivity contribution in [3.05, 3.63) is 61.9 Å². The average Bonchev–Trinajstić information content (AvgIpc) is 2.60. The minimum atomic E-state index is -0.561. The number of H-pyrrole nitrogens is 2. The zero-order valence-corrected chi connectivity index (χ0v) is 15.7. The summed E-state index contributed by atoms with van der Waals surface area (Å²) in [7, 11) is 0. The molecule has 3 N–H and O–H groups in total. The molecule has 8 heteroatoms. The van der Waals surface area contributed by atoms with Gasteiger partial charge < -0.3 is 9.72 Å². The summed E-state index contributed by atoms with van der Waals surface area (Å²) in [5.41, 5.74) is 2.98. The van der Waals surface area contributed by atoms with E-state index in [1.54, 1.807) is 6.92 Å². The highest BCUT2D eigenvalue weighted by Gasteiger charge is 2.09. The fourth-order valence-electron chi connectivity index (χ4n) is 2.37. The molecule has 0 bridgehead atoms. The standard InChI is InChI=1S/C19H24N4O4/c1-12(2)11-27-16-7-5-4-6-14(16)10-20-23-17(24)9-8-15-13(3)21-19(26)22-18(15)25/h4-7,10,12H,8-9,11H2,1-3H3,(H,23,24)(H2,21,22,25,26)/b20-10+. The van der Waals surface area contributed by atoms with E-state index < -0.39 is 11.2 Å². The number of para-hydroxylation sites is 1. The molecule has 0 saturated carbocycles. The highest BCUT2D eigenvalue weighted by molar-refractivity contribution is 5.85. The first-order valence-corrected chi connectivity index (χ1v) is 8.72. The number of hydrogen-bond donors (Lipinski definition) is 3. The van der Waals surface area contributed by atoms with Crippen molar-refractivity contribution in [3.8, 4) is 5.75 Å². The number of benzene rings is 1. The Balaban J connectivity index is 1.93. The van der Waals surface area contributed by atoms with Gasteiger partial charge in [-0.1, -0.05) is 26.0 Å². The number of nitrogens with one attached hydrogen (secondary N) is 3. The number of aryl methyl sites for hydroxylation is 1. The summed E-state index contributed by atoms with van der Waals surface area (Å²) in [6.07, 6.45) is 1.79. The second kappa shape index (κ2) is 9.51. The number of carbonyl (C=O) groups is 1. The zero-order chi connectivity index (χ0) is 19.8. The number of hydrogen-bond acceptors (Lipinski definition) is 5. The summed E-state index contributed by atoms with van der Waals surface area (Å²) in [5.74, 6) is 0.755. The maximum atomic E-state index is 12.0. The lowest BCUT2D eigenvalue weighted by molar-refractivity contribution is -0.121. The summed E-state index contributed by atoms with van der Waals surface area (Å²) in [4.78, 5) is 39.6. The highest BCUT2D eigenvalue weighted by atomic mass is 16.5. The Hall–Kier alpha value is -3.16. The summed E-state index contributed by atoms with van der Waals surface area (Å²) >= 11 is 0. The van der Waals surface area contributed by atoms with Crippen molar-refractivity contribution >= 4 is 12.1 Å². The van der Waals surface area contributed by atoms with Crippen LogP contribution in [0.4, 0.5) is 0 Å². The van der Waals surface area contributed by atoms with Crippen LogP contribution < -0.4 is 21.4 Å². The lowest BCUT2D eigenvalue weighted by Gasteiger charge is -2.10. The van der Waals surface area contributed by atoms with Crippen molar-refractivity contribution in [2.75, 3.05) is 6.61 Å². The van der Waals surface area contributed by atoms with Gasteiger partial charge in [-0.25, -0.2) is 10.2 Å². The topological polar surface area (TPSA) is 116 Å². The Labute approximate surface area is 156 Å². The van der Waals surface area contributed by atoms with E-state index >= 15 is 0 Å². The van der Waals surface area contributed by atoms with E-state index in [9.17, 15) is 14.4 Å². The Morgan fingerprint density at radius 2 is 2.00 bits per heavy atom. The molecule has 1 aromatic carbocycles. The second-order valence-corrected chi connectivity index (χ2v) is 6.55. The number of aromatic nitrogens is 2. The number of carbonyl (C=O) groups excluding carboxylic acids is 1. The van der Waals surface area contributed by atoms with Crippen molar-refractivity contribution in [2.45, 2.75) is 33.6 Å². The highest BCUT2D eigenvalue weighted by Crippen LogP contribution is 2.16. The second-order valence-electron chi connectivity index (χ2n) is 6.55. The van der Waals surface area contributed by atoms with Crippen molar-refractivity contribution in [1.29, 1.82) is 0 Å². The maximum absolute atomic E-state index is 12.0. The molecule has 0 saturated heterocycles. The number of hydrazone groups is 1. The molecule has 0 atom stereocenters. The van der Waals surface area contributed by atoms with Crippen LogP contribution in [0.5, 0.6) is 5.75 Å². The Morgan fingerprint density at radius 1 is 1.26 bits per heavy atom. The number of ether oxygens (including phenoxy) is 1. The molecule has 0 aliphatic rings. The molecular weight excluding hydrogens is 348 g/mol. The fraction of sp³-hybridized carbons (Fsp3) is 0.368. The Morgan fingerprint density at radius 3 is 2.70 bits per heavy atom. The number of amides is 1. The van der Waals surface area contributed by atoms with Gasteiger partial charge in [0.25, 0.3) is 5.56 Å². The largest absolute Gasteiger partial charge is 0.493 e.